The third-order valence-electron chi connectivity index (χ3n) is 1.99. The molecule has 0 aliphatic carbocycles. The third-order valence-corrected chi connectivity index (χ3v) is 2.62. The molecule has 0 bridgehead atoms. The van der Waals surface area contributed by atoms with Crippen LogP contribution in [0.2, 0.25) is 0 Å². The summed E-state index contributed by atoms with van der Waals surface area (Å²) in [5, 5.41) is 0. The summed E-state index contributed by atoms with van der Waals surface area (Å²) in [7, 11) is 1.67. The van der Waals surface area contributed by atoms with E-state index in [-0.39, 0.29) is 0 Å². The van der Waals surface area contributed by atoms with Crippen molar-refractivity contribution in [3.8, 4) is 5.75 Å². The number of methoxy groups -OCH3 is 1. The quantitative estimate of drug-likeness (QED) is 0.902. The Bertz CT molecular complexity index is 347. The van der Waals surface area contributed by atoms with Crippen LogP contribution in [0.15, 0.2) is 22.7 Å². The van der Waals surface area contributed by atoms with Crippen molar-refractivity contribution >= 4 is 22.0 Å². The first-order valence-corrected chi connectivity index (χ1v) is 5.19. The van der Waals surface area contributed by atoms with E-state index in [2.05, 4.69) is 15.9 Å². The molecular weight excluding hydrogens is 242 g/mol. The molecule has 0 atom stereocenters. The minimum Gasteiger partial charge on any atom is -0.495 e. The first-order valence-electron chi connectivity index (χ1n) is 4.40. The Kier molecular flexibility index (Phi) is 4.17. The van der Waals surface area contributed by atoms with Gasteiger partial charge in [0.15, 0.2) is 0 Å². The molecule has 0 aliphatic rings. The summed E-state index contributed by atoms with van der Waals surface area (Å²) in [5.74, 6) is 0.856. The molecule has 2 N–H and O–H groups in total. The van der Waals surface area contributed by atoms with Crippen LogP contribution in [0.5, 0.6) is 5.75 Å². The van der Waals surface area contributed by atoms with E-state index in [0.717, 1.165) is 15.8 Å². The molecular formula is C11H14BrNO. The second-order valence-corrected chi connectivity index (χ2v) is 3.80. The number of hydrogen-bond acceptors (Lipinski definition) is 2. The Hall–Kier alpha value is -0.800. The summed E-state index contributed by atoms with van der Waals surface area (Å²) in [6.45, 7) is 2.58. The van der Waals surface area contributed by atoms with Crippen LogP contribution in [0.4, 0.5) is 0 Å². The zero-order valence-corrected chi connectivity index (χ0v) is 9.97. The predicted octanol–water partition coefficient (Wildman–Crippen LogP) is 2.74. The minimum absolute atomic E-state index is 0.537. The van der Waals surface area contributed by atoms with Crippen molar-refractivity contribution in [3.05, 3.63) is 33.8 Å². The van der Waals surface area contributed by atoms with E-state index in [1.54, 1.807) is 7.11 Å². The topological polar surface area (TPSA) is 35.2 Å². The molecule has 1 aromatic rings. The summed E-state index contributed by atoms with van der Waals surface area (Å²) in [4.78, 5) is 0. The summed E-state index contributed by atoms with van der Waals surface area (Å²) >= 11 is 3.44. The van der Waals surface area contributed by atoms with Crippen LogP contribution in [-0.4, -0.2) is 13.7 Å². The van der Waals surface area contributed by atoms with Gasteiger partial charge in [0.25, 0.3) is 0 Å². The monoisotopic (exact) mass is 255 g/mol. The summed E-state index contributed by atoms with van der Waals surface area (Å²) in [6.07, 6.45) is 3.90. The van der Waals surface area contributed by atoms with Gasteiger partial charge in [-0.05, 0) is 34.5 Å². The maximum absolute atomic E-state index is 5.42. The van der Waals surface area contributed by atoms with Crippen molar-refractivity contribution in [1.82, 2.24) is 0 Å². The number of ether oxygens (including phenoxy) is 1. The van der Waals surface area contributed by atoms with Gasteiger partial charge in [0.1, 0.15) is 5.75 Å². The maximum Gasteiger partial charge on any atom is 0.140 e. The van der Waals surface area contributed by atoms with E-state index < -0.39 is 0 Å². The molecule has 0 spiro atoms. The molecule has 2 nitrogen and oxygen atoms in total. The molecule has 0 aromatic heterocycles. The zero-order chi connectivity index (χ0) is 10.6. The number of nitrogens with two attached hydrogens (primary N) is 1. The van der Waals surface area contributed by atoms with E-state index in [1.165, 1.54) is 5.56 Å². The lowest BCUT2D eigenvalue weighted by Gasteiger charge is -2.09. The van der Waals surface area contributed by atoms with Gasteiger partial charge in [-0.1, -0.05) is 18.2 Å². The van der Waals surface area contributed by atoms with Crippen LogP contribution < -0.4 is 10.5 Å². The highest BCUT2D eigenvalue weighted by Crippen LogP contribution is 2.32. The van der Waals surface area contributed by atoms with E-state index >= 15 is 0 Å². The van der Waals surface area contributed by atoms with Gasteiger partial charge >= 0.3 is 0 Å². The number of halogens is 1. The highest BCUT2D eigenvalue weighted by atomic mass is 79.9. The molecule has 0 radical (unpaired) electrons. The molecule has 0 amide bonds. The van der Waals surface area contributed by atoms with E-state index in [9.17, 15) is 0 Å². The fraction of sp³-hybridized carbons (Fsp3) is 0.273. The lowest BCUT2D eigenvalue weighted by atomic mass is 10.1. The Morgan fingerprint density at radius 2 is 2.21 bits per heavy atom. The molecule has 3 heteroatoms. The van der Waals surface area contributed by atoms with E-state index in [1.807, 2.05) is 31.2 Å². The van der Waals surface area contributed by atoms with Crippen molar-refractivity contribution in [2.75, 3.05) is 13.7 Å². The normalized spacial score (nSPS) is 10.9. The zero-order valence-electron chi connectivity index (χ0n) is 8.38. The molecule has 0 aliphatic heterocycles. The van der Waals surface area contributed by atoms with Gasteiger partial charge in [-0.15, -0.1) is 0 Å². The summed E-state index contributed by atoms with van der Waals surface area (Å²) in [5.41, 5.74) is 7.67. The van der Waals surface area contributed by atoms with E-state index in [0.29, 0.717) is 6.54 Å². The van der Waals surface area contributed by atoms with Gasteiger partial charge in [-0.2, -0.15) is 0 Å². The van der Waals surface area contributed by atoms with Crippen LogP contribution in [0.3, 0.4) is 0 Å². The fourth-order valence-electron chi connectivity index (χ4n) is 1.27. The Labute approximate surface area is 92.9 Å². The lowest BCUT2D eigenvalue weighted by Crippen LogP contribution is -1.94. The van der Waals surface area contributed by atoms with Gasteiger partial charge in [0.05, 0.1) is 11.6 Å². The van der Waals surface area contributed by atoms with Crippen molar-refractivity contribution in [1.29, 1.82) is 0 Å². The second kappa shape index (κ2) is 5.17. The summed E-state index contributed by atoms with van der Waals surface area (Å²) < 4.78 is 6.28. The molecule has 0 saturated heterocycles. The number of hydrogen-bond donors (Lipinski definition) is 1. The van der Waals surface area contributed by atoms with Crippen molar-refractivity contribution < 1.29 is 4.74 Å². The molecule has 14 heavy (non-hydrogen) atoms. The Balaban J connectivity index is 3.22. The molecule has 0 saturated carbocycles. The van der Waals surface area contributed by atoms with Gasteiger partial charge < -0.3 is 10.5 Å². The van der Waals surface area contributed by atoms with E-state index in [4.69, 9.17) is 10.5 Å². The highest BCUT2D eigenvalue weighted by Gasteiger charge is 2.06. The second-order valence-electron chi connectivity index (χ2n) is 2.95. The van der Waals surface area contributed by atoms with Crippen LogP contribution >= 0.6 is 15.9 Å². The Morgan fingerprint density at radius 3 is 2.79 bits per heavy atom. The number of benzene rings is 1. The lowest BCUT2D eigenvalue weighted by molar-refractivity contribution is 0.411. The van der Waals surface area contributed by atoms with Crippen LogP contribution in [0.25, 0.3) is 6.08 Å². The van der Waals surface area contributed by atoms with Crippen LogP contribution in [0, 0.1) is 6.92 Å². The molecule has 1 rings (SSSR count). The average Bonchev–Trinajstić information content (AvgIpc) is 2.19. The smallest absolute Gasteiger partial charge is 0.140 e. The summed E-state index contributed by atoms with van der Waals surface area (Å²) in [6, 6.07) is 4.02. The molecule has 0 unspecified atom stereocenters. The number of rotatable bonds is 3. The number of aryl methyl sites for hydroxylation is 1. The standard InChI is InChI=1S/C11H14BrNO/c1-8-5-6-10(12)11(14-2)9(8)4-3-7-13/h3-6H,7,13H2,1-2H3/b4-3+. The minimum atomic E-state index is 0.537. The molecule has 76 valence electrons. The third kappa shape index (κ3) is 2.36. The first kappa shape index (κ1) is 11.3. The van der Waals surface area contributed by atoms with Crippen molar-refractivity contribution in [3.63, 3.8) is 0 Å². The largest absolute Gasteiger partial charge is 0.495 e. The predicted molar refractivity (Wildman–Crippen MR) is 63.5 cm³/mol. The van der Waals surface area contributed by atoms with Crippen molar-refractivity contribution in [2.24, 2.45) is 5.73 Å². The van der Waals surface area contributed by atoms with Gasteiger partial charge in [-0.3, -0.25) is 0 Å². The van der Waals surface area contributed by atoms with Gasteiger partial charge in [0.2, 0.25) is 0 Å². The first-order chi connectivity index (χ1) is 6.70. The van der Waals surface area contributed by atoms with Crippen LogP contribution in [-0.2, 0) is 0 Å². The van der Waals surface area contributed by atoms with Crippen molar-refractivity contribution in [2.45, 2.75) is 6.92 Å². The Morgan fingerprint density at radius 1 is 1.50 bits per heavy atom. The average molecular weight is 256 g/mol. The SMILES string of the molecule is COc1c(Br)ccc(C)c1/C=C/CN. The van der Waals surface area contributed by atoms with Gasteiger partial charge in [-0.25, -0.2) is 0 Å². The van der Waals surface area contributed by atoms with Crippen LogP contribution in [0.1, 0.15) is 11.1 Å². The molecule has 0 fully saturated rings. The fourth-order valence-corrected chi connectivity index (χ4v) is 1.78. The highest BCUT2D eigenvalue weighted by molar-refractivity contribution is 9.10. The maximum atomic E-state index is 5.42. The molecule has 1 aromatic carbocycles. The molecule has 0 heterocycles. The van der Waals surface area contributed by atoms with Gasteiger partial charge in [0, 0.05) is 12.1 Å².